The van der Waals surface area contributed by atoms with Crippen LogP contribution in [0.1, 0.15) is 0 Å². The molecule has 0 spiro atoms. The van der Waals surface area contributed by atoms with Crippen LogP contribution in [0, 0.1) is 5.82 Å². The van der Waals surface area contributed by atoms with Crippen LogP contribution >= 0.6 is 11.8 Å². The van der Waals surface area contributed by atoms with E-state index < -0.39 is 10.0 Å². The van der Waals surface area contributed by atoms with Crippen LogP contribution in [0.2, 0.25) is 0 Å². The molecule has 9 heteroatoms. The van der Waals surface area contributed by atoms with E-state index in [1.54, 1.807) is 24.3 Å². The van der Waals surface area contributed by atoms with Crippen LogP contribution in [0.3, 0.4) is 0 Å². The molecule has 2 heterocycles. The highest BCUT2D eigenvalue weighted by atomic mass is 32.2. The van der Waals surface area contributed by atoms with Gasteiger partial charge in [-0.05, 0) is 41.8 Å². The summed E-state index contributed by atoms with van der Waals surface area (Å²) >= 11 is 1.41. The minimum atomic E-state index is -3.62. The van der Waals surface area contributed by atoms with Gasteiger partial charge in [0.15, 0.2) is 11.0 Å². The molecule has 35 heavy (non-hydrogen) atoms. The normalized spacial score (nSPS) is 14.0. The molecule has 1 aromatic heterocycles. The molecular weight excluding hydrogens is 483 g/mol. The van der Waals surface area contributed by atoms with E-state index in [9.17, 15) is 12.8 Å². The second-order valence-electron chi connectivity index (χ2n) is 8.04. The summed E-state index contributed by atoms with van der Waals surface area (Å²) in [6.07, 6.45) is 0. The van der Waals surface area contributed by atoms with E-state index in [1.807, 2.05) is 59.2 Å². The summed E-state index contributed by atoms with van der Waals surface area (Å²) in [4.78, 5) is 0.344. The molecule has 1 aliphatic rings. The minimum absolute atomic E-state index is 0.276. The topological polar surface area (TPSA) is 68.1 Å². The average molecular weight is 503 g/mol. The van der Waals surface area contributed by atoms with Gasteiger partial charge in [-0.25, -0.2) is 12.8 Å². The van der Waals surface area contributed by atoms with Crippen molar-refractivity contribution >= 4 is 38.2 Å². The van der Waals surface area contributed by atoms with Gasteiger partial charge in [-0.2, -0.15) is 0 Å². The third kappa shape index (κ3) is 3.67. The number of thioether (sulfide) groups is 1. The van der Waals surface area contributed by atoms with E-state index >= 15 is 0 Å². The predicted octanol–water partition coefficient (Wildman–Crippen LogP) is 5.53. The van der Waals surface area contributed by atoms with Gasteiger partial charge in [-0.3, -0.25) is 8.87 Å². The van der Waals surface area contributed by atoms with Gasteiger partial charge in [0.2, 0.25) is 0 Å². The molecule has 1 aliphatic heterocycles. The number of hydrogen-bond acceptors (Lipinski definition) is 5. The van der Waals surface area contributed by atoms with Crippen molar-refractivity contribution in [1.29, 1.82) is 0 Å². The first-order valence-corrected chi connectivity index (χ1v) is 13.4. The van der Waals surface area contributed by atoms with E-state index in [0.29, 0.717) is 27.3 Å². The molecule has 0 aliphatic carbocycles. The molecule has 0 saturated carbocycles. The van der Waals surface area contributed by atoms with Crippen LogP contribution in [0.25, 0.3) is 27.8 Å². The summed E-state index contributed by atoms with van der Waals surface area (Å²) in [6, 6.07) is 26.8. The SMILES string of the molecule is O=S1(=O)c2cccc3cccc(c23)N1CCSc1nnc(-c2ccccc2)n1-c1ccc(F)cc1. The maximum Gasteiger partial charge on any atom is 0.265 e. The van der Waals surface area contributed by atoms with Crippen LogP contribution in [-0.2, 0) is 10.0 Å². The second kappa shape index (κ2) is 8.51. The van der Waals surface area contributed by atoms with Crippen molar-refractivity contribution in [1.82, 2.24) is 14.8 Å². The van der Waals surface area contributed by atoms with Crippen molar-refractivity contribution in [3.8, 4) is 17.1 Å². The van der Waals surface area contributed by atoms with Crippen molar-refractivity contribution in [2.75, 3.05) is 16.6 Å². The molecule has 6 rings (SSSR count). The number of rotatable bonds is 6. The Morgan fingerprint density at radius 3 is 2.34 bits per heavy atom. The number of nitrogens with zero attached hydrogens (tertiary/aromatic N) is 4. The monoisotopic (exact) mass is 502 g/mol. The van der Waals surface area contributed by atoms with E-state index in [4.69, 9.17) is 0 Å². The molecular formula is C26H19FN4O2S2. The molecule has 174 valence electrons. The molecule has 0 radical (unpaired) electrons. The van der Waals surface area contributed by atoms with Gasteiger partial charge in [0.05, 0.1) is 10.6 Å². The standard InChI is InChI=1S/C26H19FN4O2S2/c27-20-12-14-21(15-13-20)31-25(19-6-2-1-3-7-19)28-29-26(31)34-17-16-30-22-10-4-8-18-9-5-11-23(24(18)22)35(30,32)33/h1-15H,16-17H2. The number of benzene rings is 4. The van der Waals surface area contributed by atoms with Gasteiger partial charge in [0.25, 0.3) is 10.0 Å². The minimum Gasteiger partial charge on any atom is -0.270 e. The summed E-state index contributed by atoms with van der Waals surface area (Å²) in [5.41, 5.74) is 2.30. The van der Waals surface area contributed by atoms with Crippen LogP contribution in [-0.4, -0.2) is 35.5 Å². The third-order valence-electron chi connectivity index (χ3n) is 5.96. The molecule has 0 amide bonds. The first kappa shape index (κ1) is 21.8. The fourth-order valence-corrected chi connectivity index (χ4v) is 7.08. The number of anilines is 1. The van der Waals surface area contributed by atoms with Crippen molar-refractivity contribution in [3.05, 3.63) is 96.8 Å². The van der Waals surface area contributed by atoms with Gasteiger partial charge in [0.1, 0.15) is 5.82 Å². The lowest BCUT2D eigenvalue weighted by molar-refractivity contribution is 0.595. The highest BCUT2D eigenvalue weighted by Crippen LogP contribution is 2.42. The largest absolute Gasteiger partial charge is 0.270 e. The highest BCUT2D eigenvalue weighted by Gasteiger charge is 2.35. The fourth-order valence-electron chi connectivity index (χ4n) is 4.38. The Bertz CT molecular complexity index is 1650. The van der Waals surface area contributed by atoms with Crippen molar-refractivity contribution < 1.29 is 12.8 Å². The number of hydrogen-bond donors (Lipinski definition) is 0. The highest BCUT2D eigenvalue weighted by molar-refractivity contribution is 7.99. The van der Waals surface area contributed by atoms with Crippen LogP contribution < -0.4 is 4.31 Å². The summed E-state index contributed by atoms with van der Waals surface area (Å²) in [7, 11) is -3.62. The molecule has 0 N–H and O–H groups in total. The van der Waals surface area contributed by atoms with Crippen molar-refractivity contribution in [3.63, 3.8) is 0 Å². The summed E-state index contributed by atoms with van der Waals surface area (Å²) < 4.78 is 43.5. The van der Waals surface area contributed by atoms with Crippen LogP contribution in [0.4, 0.5) is 10.1 Å². The molecule has 4 aromatic carbocycles. The molecule has 0 fully saturated rings. The van der Waals surface area contributed by atoms with Crippen LogP contribution in [0.5, 0.6) is 0 Å². The van der Waals surface area contributed by atoms with E-state index in [-0.39, 0.29) is 12.4 Å². The Morgan fingerprint density at radius 2 is 1.57 bits per heavy atom. The maximum absolute atomic E-state index is 13.6. The zero-order valence-corrected chi connectivity index (χ0v) is 20.0. The lowest BCUT2D eigenvalue weighted by atomic mass is 10.1. The number of sulfonamides is 1. The molecule has 5 aromatic rings. The molecule has 0 atom stereocenters. The summed E-state index contributed by atoms with van der Waals surface area (Å²) in [5.74, 6) is 0.758. The van der Waals surface area contributed by atoms with Gasteiger partial charge in [-0.15, -0.1) is 10.2 Å². The molecule has 0 saturated heterocycles. The summed E-state index contributed by atoms with van der Waals surface area (Å²) in [6.45, 7) is 0.276. The second-order valence-corrected chi connectivity index (χ2v) is 10.9. The quantitative estimate of drug-likeness (QED) is 0.286. The lowest BCUT2D eigenvalue weighted by Crippen LogP contribution is -2.29. The Morgan fingerprint density at radius 1 is 0.829 bits per heavy atom. The number of aromatic nitrogens is 3. The maximum atomic E-state index is 13.6. The van der Waals surface area contributed by atoms with E-state index in [2.05, 4.69) is 10.2 Å². The average Bonchev–Trinajstić information content (AvgIpc) is 3.39. The van der Waals surface area contributed by atoms with Gasteiger partial charge < -0.3 is 0 Å². The van der Waals surface area contributed by atoms with E-state index in [1.165, 1.54) is 28.2 Å². The number of halogens is 1. The zero-order chi connectivity index (χ0) is 24.0. The smallest absolute Gasteiger partial charge is 0.265 e. The summed E-state index contributed by atoms with van der Waals surface area (Å²) in [5, 5.41) is 11.0. The van der Waals surface area contributed by atoms with E-state index in [0.717, 1.165) is 22.0 Å². The fraction of sp³-hybridized carbons (Fsp3) is 0.0769. The van der Waals surface area contributed by atoms with Gasteiger partial charge >= 0.3 is 0 Å². The third-order valence-corrected chi connectivity index (χ3v) is 8.72. The lowest BCUT2D eigenvalue weighted by Gasteiger charge is -2.18. The Kier molecular flexibility index (Phi) is 5.31. The molecule has 0 bridgehead atoms. The zero-order valence-electron chi connectivity index (χ0n) is 18.4. The predicted molar refractivity (Wildman–Crippen MR) is 136 cm³/mol. The Balaban J connectivity index is 1.32. The van der Waals surface area contributed by atoms with Crippen LogP contribution in [0.15, 0.2) is 101 Å². The van der Waals surface area contributed by atoms with Crippen molar-refractivity contribution in [2.45, 2.75) is 10.1 Å². The molecule has 0 unspecified atom stereocenters. The molecule has 6 nitrogen and oxygen atoms in total. The Hall–Kier alpha value is -3.69. The van der Waals surface area contributed by atoms with Gasteiger partial charge in [-0.1, -0.05) is 66.4 Å². The Labute approximate surface area is 206 Å². The first-order valence-electron chi connectivity index (χ1n) is 11.0. The van der Waals surface area contributed by atoms with Crippen molar-refractivity contribution in [2.24, 2.45) is 0 Å². The van der Waals surface area contributed by atoms with Gasteiger partial charge in [0, 0.05) is 28.9 Å². The first-order chi connectivity index (χ1) is 17.0.